The van der Waals surface area contributed by atoms with Crippen molar-refractivity contribution in [2.45, 2.75) is 31.6 Å². The summed E-state index contributed by atoms with van der Waals surface area (Å²) in [5, 5.41) is 1.00. The maximum Gasteiger partial charge on any atom is 0.250 e. The van der Waals surface area contributed by atoms with E-state index >= 15 is 0 Å². The van der Waals surface area contributed by atoms with E-state index in [1.165, 1.54) is 6.33 Å². The van der Waals surface area contributed by atoms with Gasteiger partial charge < -0.3 is 9.88 Å². The first-order chi connectivity index (χ1) is 12.7. The highest BCUT2D eigenvalue weighted by molar-refractivity contribution is 7.18. The normalized spacial score (nSPS) is 17.5. The van der Waals surface area contributed by atoms with Crippen LogP contribution in [0.2, 0.25) is 0 Å². The quantitative estimate of drug-likeness (QED) is 0.768. The summed E-state index contributed by atoms with van der Waals surface area (Å²) in [6.45, 7) is 1.41. The molecule has 3 heterocycles. The van der Waals surface area contributed by atoms with Crippen LogP contribution < -0.4 is 5.56 Å². The lowest BCUT2D eigenvalue weighted by Gasteiger charge is -2.32. The average Bonchev–Trinajstić information content (AvgIpc) is 3.09. The molecule has 1 saturated heterocycles. The number of carbonyl (C=O) groups is 1. The number of benzene rings is 1. The molecule has 134 valence electrons. The van der Waals surface area contributed by atoms with Crippen LogP contribution in [0.15, 0.2) is 41.5 Å². The molecule has 2 aromatic heterocycles. The van der Waals surface area contributed by atoms with Crippen molar-refractivity contribution in [2.75, 3.05) is 13.1 Å². The summed E-state index contributed by atoms with van der Waals surface area (Å²) in [4.78, 5) is 37.5. The van der Waals surface area contributed by atoms with Crippen molar-refractivity contribution in [3.8, 4) is 0 Å². The Morgan fingerprint density at radius 1 is 1.35 bits per heavy atom. The number of nitrogens with one attached hydrogen (secondary N) is 1. The number of para-hydroxylation sites is 1. The lowest BCUT2D eigenvalue weighted by atomic mass is 9.94. The number of carbonyl (C=O) groups excluding carboxylic acids is 1. The first kappa shape index (κ1) is 16.9. The smallest absolute Gasteiger partial charge is 0.250 e. The number of piperidine rings is 1. The van der Waals surface area contributed by atoms with Gasteiger partial charge in [0.15, 0.2) is 0 Å². The van der Waals surface area contributed by atoms with Crippen LogP contribution in [0, 0.1) is 0 Å². The molecule has 0 saturated carbocycles. The molecular formula is C19H20N4O2S. The van der Waals surface area contributed by atoms with E-state index < -0.39 is 0 Å². The van der Waals surface area contributed by atoms with Crippen molar-refractivity contribution in [3.63, 3.8) is 0 Å². The summed E-state index contributed by atoms with van der Waals surface area (Å²) in [7, 11) is 0. The Morgan fingerprint density at radius 2 is 2.23 bits per heavy atom. The van der Waals surface area contributed by atoms with Gasteiger partial charge >= 0.3 is 0 Å². The number of thiazole rings is 1. The first-order valence-electron chi connectivity index (χ1n) is 8.86. The fourth-order valence-corrected chi connectivity index (χ4v) is 4.42. The number of H-pyrrole nitrogens is 1. The fraction of sp³-hybridized carbons (Fsp3) is 0.368. The van der Waals surface area contributed by atoms with Gasteiger partial charge in [-0.15, -0.1) is 11.3 Å². The van der Waals surface area contributed by atoms with Gasteiger partial charge in [0, 0.05) is 37.9 Å². The van der Waals surface area contributed by atoms with E-state index in [-0.39, 0.29) is 17.4 Å². The third-order valence-electron chi connectivity index (χ3n) is 4.78. The molecule has 3 aromatic rings. The summed E-state index contributed by atoms with van der Waals surface area (Å²) < 4.78 is 1.16. The molecule has 7 heteroatoms. The van der Waals surface area contributed by atoms with Crippen molar-refractivity contribution >= 4 is 27.5 Å². The second-order valence-electron chi connectivity index (χ2n) is 6.59. The van der Waals surface area contributed by atoms with Gasteiger partial charge in [-0.3, -0.25) is 9.59 Å². The Balaban J connectivity index is 1.38. The van der Waals surface area contributed by atoms with Crippen LogP contribution in [0.4, 0.5) is 0 Å². The van der Waals surface area contributed by atoms with Crippen LogP contribution >= 0.6 is 11.3 Å². The summed E-state index contributed by atoms with van der Waals surface area (Å²) in [6, 6.07) is 9.59. The van der Waals surface area contributed by atoms with Gasteiger partial charge in [-0.1, -0.05) is 12.1 Å². The zero-order valence-electron chi connectivity index (χ0n) is 14.4. The number of rotatable bonds is 4. The van der Waals surface area contributed by atoms with Crippen molar-refractivity contribution in [3.05, 3.63) is 57.7 Å². The van der Waals surface area contributed by atoms with E-state index in [0.717, 1.165) is 40.3 Å². The molecule has 1 N–H and O–H groups in total. The molecule has 26 heavy (non-hydrogen) atoms. The topological polar surface area (TPSA) is 79.0 Å². The maximum atomic E-state index is 12.6. The minimum atomic E-state index is -0.144. The molecule has 0 bridgehead atoms. The predicted molar refractivity (Wildman–Crippen MR) is 101 cm³/mol. The largest absolute Gasteiger partial charge is 0.342 e. The summed E-state index contributed by atoms with van der Waals surface area (Å²) in [5.41, 5.74) is 1.63. The van der Waals surface area contributed by atoms with Crippen LogP contribution in [-0.4, -0.2) is 38.8 Å². The highest BCUT2D eigenvalue weighted by atomic mass is 32.1. The van der Waals surface area contributed by atoms with E-state index in [4.69, 9.17) is 0 Å². The molecule has 6 nitrogen and oxygen atoms in total. The summed E-state index contributed by atoms with van der Waals surface area (Å²) in [5.74, 6) is 0.288. The lowest BCUT2D eigenvalue weighted by molar-refractivity contribution is -0.132. The van der Waals surface area contributed by atoms with Crippen LogP contribution in [-0.2, 0) is 11.2 Å². The number of nitrogens with zero attached hydrogens (tertiary/aromatic N) is 3. The van der Waals surface area contributed by atoms with E-state index in [0.29, 0.717) is 19.4 Å². The molecule has 1 aliphatic heterocycles. The van der Waals surface area contributed by atoms with Crippen LogP contribution in [0.25, 0.3) is 10.2 Å². The van der Waals surface area contributed by atoms with Gasteiger partial charge in [-0.25, -0.2) is 9.97 Å². The van der Waals surface area contributed by atoms with Gasteiger partial charge in [-0.2, -0.15) is 0 Å². The number of aromatic nitrogens is 3. The number of likely N-dealkylation sites (tertiary alicyclic amines) is 1. The van der Waals surface area contributed by atoms with Crippen LogP contribution in [0.1, 0.15) is 35.9 Å². The van der Waals surface area contributed by atoms with Crippen LogP contribution in [0.5, 0.6) is 0 Å². The van der Waals surface area contributed by atoms with Crippen molar-refractivity contribution < 1.29 is 4.79 Å². The van der Waals surface area contributed by atoms with Gasteiger partial charge in [0.1, 0.15) is 0 Å². The molecule has 1 unspecified atom stereocenters. The summed E-state index contributed by atoms with van der Waals surface area (Å²) in [6.07, 6.45) is 4.47. The fourth-order valence-electron chi connectivity index (χ4n) is 3.45. The molecule has 1 fully saturated rings. The van der Waals surface area contributed by atoms with E-state index in [1.54, 1.807) is 17.4 Å². The molecule has 0 aliphatic carbocycles. The van der Waals surface area contributed by atoms with Crippen molar-refractivity contribution in [2.24, 2.45) is 0 Å². The number of hydrogen-bond acceptors (Lipinski definition) is 5. The second-order valence-corrected chi connectivity index (χ2v) is 7.71. The van der Waals surface area contributed by atoms with E-state index in [1.807, 2.05) is 23.1 Å². The number of aryl methyl sites for hydroxylation is 1. The van der Waals surface area contributed by atoms with Crippen molar-refractivity contribution in [1.29, 1.82) is 0 Å². The predicted octanol–water partition coefficient (Wildman–Crippen LogP) is 2.72. The van der Waals surface area contributed by atoms with Gasteiger partial charge in [-0.05, 0) is 25.0 Å². The van der Waals surface area contributed by atoms with E-state index in [9.17, 15) is 9.59 Å². The second kappa shape index (κ2) is 7.37. The van der Waals surface area contributed by atoms with Crippen molar-refractivity contribution in [1.82, 2.24) is 19.9 Å². The lowest BCUT2D eigenvalue weighted by Crippen LogP contribution is -2.39. The molecule has 1 aliphatic rings. The molecule has 0 spiro atoms. The Bertz CT molecular complexity index is 948. The average molecular weight is 368 g/mol. The molecular weight excluding hydrogens is 348 g/mol. The van der Waals surface area contributed by atoms with Gasteiger partial charge in [0.25, 0.3) is 5.56 Å². The highest BCUT2D eigenvalue weighted by Crippen LogP contribution is 2.26. The summed E-state index contributed by atoms with van der Waals surface area (Å²) >= 11 is 1.65. The minimum absolute atomic E-state index is 0.137. The Labute approximate surface area is 154 Å². The highest BCUT2D eigenvalue weighted by Gasteiger charge is 2.25. The number of hydrogen-bond donors (Lipinski definition) is 1. The third-order valence-corrected chi connectivity index (χ3v) is 5.88. The number of fused-ring (bicyclic) bond motifs is 1. The Hall–Kier alpha value is -2.54. The van der Waals surface area contributed by atoms with Gasteiger partial charge in [0.05, 0.1) is 27.2 Å². The number of aromatic amines is 1. The molecule has 0 radical (unpaired) electrons. The molecule has 1 aromatic carbocycles. The zero-order chi connectivity index (χ0) is 17.9. The number of amides is 1. The van der Waals surface area contributed by atoms with Crippen LogP contribution in [0.3, 0.4) is 0 Å². The monoisotopic (exact) mass is 368 g/mol. The third kappa shape index (κ3) is 3.67. The Morgan fingerprint density at radius 3 is 3.08 bits per heavy atom. The van der Waals surface area contributed by atoms with E-state index in [2.05, 4.69) is 21.0 Å². The maximum absolute atomic E-state index is 12.6. The first-order valence-corrected chi connectivity index (χ1v) is 9.67. The molecule has 4 rings (SSSR count). The zero-order valence-corrected chi connectivity index (χ0v) is 15.2. The minimum Gasteiger partial charge on any atom is -0.342 e. The molecule has 1 atom stereocenters. The Kier molecular flexibility index (Phi) is 4.79. The molecule has 1 amide bonds. The van der Waals surface area contributed by atoms with Gasteiger partial charge in [0.2, 0.25) is 5.91 Å². The standard InChI is InChI=1S/C19H20N4O2S/c24-17-10-15(20-12-21-17)13-4-3-9-23(11-13)19(25)8-7-18-22-14-5-1-2-6-16(14)26-18/h1-2,5-6,10,12-13H,3-4,7-9,11H2,(H,20,21,24). The SMILES string of the molecule is O=C(CCc1nc2ccccc2s1)N1CCCC(c2cc(=O)[nH]cn2)C1.